The lowest BCUT2D eigenvalue weighted by Crippen LogP contribution is -2.39. The van der Waals surface area contributed by atoms with Crippen molar-refractivity contribution >= 4 is 26.8 Å². The highest BCUT2D eigenvalue weighted by Crippen LogP contribution is 2.26. The first-order chi connectivity index (χ1) is 16.3. The van der Waals surface area contributed by atoms with E-state index in [0.717, 1.165) is 10.9 Å². The summed E-state index contributed by atoms with van der Waals surface area (Å²) in [6, 6.07) is 17.7. The Kier molecular flexibility index (Phi) is 7.76. The molecule has 3 rings (SSSR count). The third kappa shape index (κ3) is 6.95. The van der Waals surface area contributed by atoms with E-state index in [2.05, 4.69) is 0 Å². The molecular formula is C25H26F3NO5S. The summed E-state index contributed by atoms with van der Waals surface area (Å²) in [5.41, 5.74) is -0.669. The smallest absolute Gasteiger partial charge is 0.402 e. The molecule has 0 saturated heterocycles. The van der Waals surface area contributed by atoms with Crippen molar-refractivity contribution in [3.8, 4) is 5.75 Å². The number of carbonyl (C=O) groups is 1. The van der Waals surface area contributed by atoms with Crippen LogP contribution in [0.2, 0.25) is 0 Å². The third-order valence-corrected chi connectivity index (χ3v) is 7.24. The highest BCUT2D eigenvalue weighted by molar-refractivity contribution is 7.89. The van der Waals surface area contributed by atoms with Crippen molar-refractivity contribution in [1.82, 2.24) is 4.31 Å². The molecule has 6 nitrogen and oxygen atoms in total. The van der Waals surface area contributed by atoms with E-state index >= 15 is 0 Å². The largest absolute Gasteiger partial charge is 0.478 e. The van der Waals surface area contributed by atoms with Crippen molar-refractivity contribution in [3.63, 3.8) is 0 Å². The van der Waals surface area contributed by atoms with Crippen LogP contribution in [0.5, 0.6) is 5.75 Å². The molecule has 0 radical (unpaired) electrons. The first-order valence-electron chi connectivity index (χ1n) is 10.8. The first kappa shape index (κ1) is 26.5. The van der Waals surface area contributed by atoms with Crippen LogP contribution in [0.25, 0.3) is 10.8 Å². The van der Waals surface area contributed by atoms with E-state index in [1.807, 2.05) is 0 Å². The van der Waals surface area contributed by atoms with E-state index < -0.39 is 34.3 Å². The number of carboxylic acids is 1. The number of ether oxygens (including phenoxy) is 1. The van der Waals surface area contributed by atoms with Crippen LogP contribution < -0.4 is 4.74 Å². The molecule has 0 unspecified atom stereocenters. The van der Waals surface area contributed by atoms with Gasteiger partial charge in [0.25, 0.3) is 0 Å². The normalized spacial score (nSPS) is 12.7. The number of sulfonamides is 1. The number of benzene rings is 3. The lowest BCUT2D eigenvalue weighted by Gasteiger charge is -2.24. The van der Waals surface area contributed by atoms with Gasteiger partial charge in [-0.3, -0.25) is 0 Å². The van der Waals surface area contributed by atoms with Crippen LogP contribution in [0.4, 0.5) is 13.2 Å². The van der Waals surface area contributed by atoms with Gasteiger partial charge in [-0.2, -0.15) is 17.5 Å². The average molecular weight is 510 g/mol. The fourth-order valence-corrected chi connectivity index (χ4v) is 4.98. The van der Waals surface area contributed by atoms with Crippen LogP contribution in [-0.4, -0.2) is 48.7 Å². The van der Waals surface area contributed by atoms with Crippen molar-refractivity contribution < 1.29 is 36.2 Å². The molecule has 0 aliphatic heterocycles. The maximum atomic E-state index is 13.2. The van der Waals surface area contributed by atoms with Crippen molar-refractivity contribution in [1.29, 1.82) is 0 Å². The van der Waals surface area contributed by atoms with Gasteiger partial charge in [-0.25, -0.2) is 13.2 Å². The number of alkyl halides is 3. The summed E-state index contributed by atoms with van der Waals surface area (Å²) in [6.07, 6.45) is -4.21. The van der Waals surface area contributed by atoms with E-state index in [-0.39, 0.29) is 17.9 Å². The summed E-state index contributed by atoms with van der Waals surface area (Å²) >= 11 is 0. The highest BCUT2D eigenvalue weighted by atomic mass is 32.2. The van der Waals surface area contributed by atoms with Gasteiger partial charge in [0, 0.05) is 6.54 Å². The molecule has 0 aromatic heterocycles. The monoisotopic (exact) mass is 509 g/mol. The minimum Gasteiger partial charge on any atom is -0.478 e. The summed E-state index contributed by atoms with van der Waals surface area (Å²) in [7, 11) is -4.38. The molecule has 0 fully saturated rings. The molecule has 1 N–H and O–H groups in total. The Bertz CT molecular complexity index is 1290. The van der Waals surface area contributed by atoms with Gasteiger partial charge in [-0.05, 0) is 67.3 Å². The van der Waals surface area contributed by atoms with Crippen LogP contribution in [0.1, 0.15) is 25.8 Å². The van der Waals surface area contributed by atoms with Gasteiger partial charge in [0.1, 0.15) is 12.3 Å². The Morgan fingerprint density at radius 1 is 0.971 bits per heavy atom. The lowest BCUT2D eigenvalue weighted by molar-refractivity contribution is -0.152. The van der Waals surface area contributed by atoms with Crippen molar-refractivity contribution in [2.24, 2.45) is 0 Å². The second-order valence-electron chi connectivity index (χ2n) is 8.63. The Hall–Kier alpha value is -3.11. The number of hydrogen-bond acceptors (Lipinski definition) is 4. The molecule has 35 heavy (non-hydrogen) atoms. The molecule has 0 atom stereocenters. The minimum absolute atomic E-state index is 0.156. The van der Waals surface area contributed by atoms with Gasteiger partial charge < -0.3 is 9.84 Å². The summed E-state index contributed by atoms with van der Waals surface area (Å²) < 4.78 is 71.8. The Balaban J connectivity index is 1.72. The summed E-state index contributed by atoms with van der Waals surface area (Å²) in [5.74, 6) is -0.794. The van der Waals surface area contributed by atoms with Crippen LogP contribution >= 0.6 is 0 Å². The number of aryl methyl sites for hydroxylation is 1. The molecule has 0 saturated carbocycles. The van der Waals surface area contributed by atoms with E-state index in [0.29, 0.717) is 21.9 Å². The van der Waals surface area contributed by atoms with Gasteiger partial charge in [0.2, 0.25) is 10.0 Å². The van der Waals surface area contributed by atoms with Crippen LogP contribution in [0.3, 0.4) is 0 Å². The molecule has 0 aliphatic carbocycles. The number of aliphatic carboxylic acids is 1. The van der Waals surface area contributed by atoms with Gasteiger partial charge in [-0.1, -0.05) is 42.5 Å². The number of nitrogens with zero attached hydrogens (tertiary/aromatic N) is 1. The summed E-state index contributed by atoms with van der Waals surface area (Å²) in [6.45, 7) is 0.918. The molecule has 0 amide bonds. The number of fused-ring (bicyclic) bond motifs is 1. The minimum atomic E-state index is -4.69. The third-order valence-electron chi connectivity index (χ3n) is 5.40. The van der Waals surface area contributed by atoms with Crippen molar-refractivity contribution in [2.45, 2.75) is 43.4 Å². The molecule has 3 aromatic carbocycles. The molecular weight excluding hydrogens is 483 g/mol. The molecule has 0 heterocycles. The topological polar surface area (TPSA) is 83.9 Å². The molecule has 188 valence electrons. The first-order valence-corrected chi connectivity index (χ1v) is 12.3. The van der Waals surface area contributed by atoms with Crippen LogP contribution in [0.15, 0.2) is 71.6 Å². The number of hydrogen-bond donors (Lipinski definition) is 1. The second kappa shape index (κ2) is 10.2. The zero-order valence-corrected chi connectivity index (χ0v) is 20.1. The summed E-state index contributed by atoms with van der Waals surface area (Å²) in [5, 5.41) is 10.6. The standard InChI is InChI=1S/C25H26F3NO5S/c1-24(2,23(30)31)34-21-12-9-18(10-13-21)6-5-15-29(17-25(26,27)28)35(32,33)22-14-11-19-7-3-4-8-20(19)16-22/h3-4,7-14,16H,5-6,15,17H2,1-2H3,(H,30,31). The predicted molar refractivity (Wildman–Crippen MR) is 126 cm³/mol. The molecule has 0 spiro atoms. The fourth-order valence-electron chi connectivity index (χ4n) is 3.48. The van der Waals surface area contributed by atoms with E-state index in [9.17, 15) is 26.4 Å². The lowest BCUT2D eigenvalue weighted by atomic mass is 10.1. The fraction of sp³-hybridized carbons (Fsp3) is 0.320. The van der Waals surface area contributed by atoms with Crippen molar-refractivity contribution in [3.05, 3.63) is 72.3 Å². The van der Waals surface area contributed by atoms with Gasteiger partial charge in [-0.15, -0.1) is 0 Å². The van der Waals surface area contributed by atoms with Gasteiger partial charge >= 0.3 is 12.1 Å². The number of carboxylic acid groups (broad SMARTS) is 1. The highest BCUT2D eigenvalue weighted by Gasteiger charge is 2.37. The maximum Gasteiger partial charge on any atom is 0.402 e. The molecule has 10 heteroatoms. The zero-order chi connectivity index (χ0) is 25.9. The summed E-state index contributed by atoms with van der Waals surface area (Å²) in [4.78, 5) is 11.0. The molecule has 3 aromatic rings. The van der Waals surface area contributed by atoms with Gasteiger partial charge in [0.05, 0.1) is 4.90 Å². The second-order valence-corrected chi connectivity index (χ2v) is 10.6. The Labute approximate surface area is 202 Å². The predicted octanol–water partition coefficient (Wildman–Crippen LogP) is 5.27. The average Bonchev–Trinajstić information content (AvgIpc) is 2.78. The Morgan fingerprint density at radius 3 is 2.20 bits per heavy atom. The Morgan fingerprint density at radius 2 is 1.60 bits per heavy atom. The molecule has 0 aliphatic rings. The van der Waals surface area contributed by atoms with E-state index in [4.69, 9.17) is 9.84 Å². The number of halogens is 3. The van der Waals surface area contributed by atoms with Gasteiger partial charge in [0.15, 0.2) is 5.60 Å². The number of rotatable bonds is 10. The van der Waals surface area contributed by atoms with Crippen LogP contribution in [0, 0.1) is 0 Å². The quantitative estimate of drug-likeness (QED) is 0.403. The zero-order valence-electron chi connectivity index (χ0n) is 19.2. The SMILES string of the molecule is CC(C)(Oc1ccc(CCCN(CC(F)(F)F)S(=O)(=O)c2ccc3ccccc3c2)cc1)C(=O)O. The maximum absolute atomic E-state index is 13.2. The van der Waals surface area contributed by atoms with Crippen molar-refractivity contribution in [2.75, 3.05) is 13.1 Å². The van der Waals surface area contributed by atoms with Crippen LogP contribution in [-0.2, 0) is 21.2 Å². The van der Waals surface area contributed by atoms with E-state index in [1.165, 1.54) is 26.0 Å². The van der Waals surface area contributed by atoms with E-state index in [1.54, 1.807) is 54.6 Å². The molecule has 0 bridgehead atoms.